The van der Waals surface area contributed by atoms with Crippen LogP contribution in [0.3, 0.4) is 0 Å². The van der Waals surface area contributed by atoms with Crippen molar-refractivity contribution in [2.75, 3.05) is 10.5 Å². The number of nitrogen functional groups attached to an aromatic ring is 1. The van der Waals surface area contributed by atoms with Gasteiger partial charge in [0.1, 0.15) is 5.75 Å². The van der Waals surface area contributed by atoms with Crippen LogP contribution >= 0.6 is 11.6 Å². The summed E-state index contributed by atoms with van der Waals surface area (Å²) >= 11 is 5.92. The molecule has 2 rings (SSSR count). The molecule has 0 heterocycles. The van der Waals surface area contributed by atoms with Crippen LogP contribution in [0.15, 0.2) is 41.3 Å². The Morgan fingerprint density at radius 3 is 2.52 bits per heavy atom. The monoisotopic (exact) mass is 323 g/mol. The smallest absolute Gasteiger partial charge is 0.262 e. The van der Waals surface area contributed by atoms with Crippen LogP contribution in [-0.4, -0.2) is 13.5 Å². The van der Waals surface area contributed by atoms with Gasteiger partial charge in [0.05, 0.1) is 32.9 Å². The minimum absolute atomic E-state index is 0.0520. The van der Waals surface area contributed by atoms with Gasteiger partial charge in [-0.2, -0.15) is 5.26 Å². The topological polar surface area (TPSA) is 116 Å². The number of phenols is 1. The van der Waals surface area contributed by atoms with E-state index in [1.807, 2.05) is 6.07 Å². The molecule has 6 nitrogen and oxygen atoms in total. The fraction of sp³-hybridized carbons (Fsp3) is 0. The van der Waals surface area contributed by atoms with Gasteiger partial charge in [-0.15, -0.1) is 0 Å². The summed E-state index contributed by atoms with van der Waals surface area (Å²) in [6, 6.07) is 9.61. The number of hydrogen-bond donors (Lipinski definition) is 3. The van der Waals surface area contributed by atoms with E-state index >= 15 is 0 Å². The van der Waals surface area contributed by atoms with Gasteiger partial charge < -0.3 is 10.8 Å². The molecule has 8 heteroatoms. The number of anilines is 2. The lowest BCUT2D eigenvalue weighted by atomic mass is 10.2. The SMILES string of the molecule is N#Cc1ccc(NS(=O)(=O)c2ccc(O)c(N)c2)c(Cl)c1. The van der Waals surface area contributed by atoms with Crippen molar-refractivity contribution in [3.63, 3.8) is 0 Å². The van der Waals surface area contributed by atoms with Crippen molar-refractivity contribution in [2.24, 2.45) is 0 Å². The lowest BCUT2D eigenvalue weighted by molar-refractivity contribution is 0.477. The van der Waals surface area contributed by atoms with E-state index < -0.39 is 10.0 Å². The van der Waals surface area contributed by atoms with Gasteiger partial charge in [-0.05, 0) is 36.4 Å². The zero-order valence-corrected chi connectivity index (χ0v) is 12.1. The molecule has 108 valence electrons. The molecule has 0 atom stereocenters. The minimum Gasteiger partial charge on any atom is -0.506 e. The van der Waals surface area contributed by atoms with Gasteiger partial charge in [-0.25, -0.2) is 8.42 Å². The maximum absolute atomic E-state index is 12.2. The van der Waals surface area contributed by atoms with Crippen molar-refractivity contribution in [3.05, 3.63) is 47.0 Å². The number of sulfonamides is 1. The molecule has 2 aromatic carbocycles. The summed E-state index contributed by atoms with van der Waals surface area (Å²) in [4.78, 5) is -0.113. The molecule has 21 heavy (non-hydrogen) atoms. The number of hydrogen-bond acceptors (Lipinski definition) is 5. The maximum atomic E-state index is 12.2. The Kier molecular flexibility index (Phi) is 3.93. The molecule has 0 aliphatic heterocycles. The highest BCUT2D eigenvalue weighted by Gasteiger charge is 2.17. The molecule has 0 aliphatic rings. The van der Waals surface area contributed by atoms with E-state index in [1.54, 1.807) is 0 Å². The number of nitrogens with zero attached hydrogens (tertiary/aromatic N) is 1. The summed E-state index contributed by atoms with van der Waals surface area (Å²) in [5.74, 6) is -0.203. The van der Waals surface area contributed by atoms with Crippen molar-refractivity contribution in [1.29, 1.82) is 5.26 Å². The van der Waals surface area contributed by atoms with E-state index in [0.29, 0.717) is 5.56 Å². The van der Waals surface area contributed by atoms with Crippen molar-refractivity contribution < 1.29 is 13.5 Å². The highest BCUT2D eigenvalue weighted by Crippen LogP contribution is 2.28. The van der Waals surface area contributed by atoms with Crippen LogP contribution in [0.5, 0.6) is 5.75 Å². The van der Waals surface area contributed by atoms with Gasteiger partial charge in [0, 0.05) is 0 Å². The summed E-state index contributed by atoms with van der Waals surface area (Å²) in [7, 11) is -3.90. The van der Waals surface area contributed by atoms with E-state index in [0.717, 1.165) is 6.07 Å². The Hall–Kier alpha value is -2.43. The average Bonchev–Trinajstić information content (AvgIpc) is 2.43. The zero-order chi connectivity index (χ0) is 15.6. The number of nitrogens with two attached hydrogens (primary N) is 1. The Labute approximate surface area is 126 Å². The molecule has 0 radical (unpaired) electrons. The maximum Gasteiger partial charge on any atom is 0.262 e. The largest absolute Gasteiger partial charge is 0.506 e. The highest BCUT2D eigenvalue weighted by molar-refractivity contribution is 7.92. The zero-order valence-electron chi connectivity index (χ0n) is 10.5. The first-order valence-corrected chi connectivity index (χ1v) is 7.50. The molecule has 2 aromatic rings. The molecule has 4 N–H and O–H groups in total. The Balaban J connectivity index is 2.37. The molecule has 0 saturated carbocycles. The molecule has 0 aliphatic carbocycles. The van der Waals surface area contributed by atoms with Crippen molar-refractivity contribution >= 4 is 33.0 Å². The molecule has 0 amide bonds. The predicted octanol–water partition coefficient (Wildman–Crippen LogP) is 2.30. The van der Waals surface area contributed by atoms with Crippen LogP contribution in [0.2, 0.25) is 5.02 Å². The van der Waals surface area contributed by atoms with E-state index in [1.165, 1.54) is 30.3 Å². The molecule has 0 fully saturated rings. The van der Waals surface area contributed by atoms with Crippen molar-refractivity contribution in [2.45, 2.75) is 4.90 Å². The fourth-order valence-electron chi connectivity index (χ4n) is 1.57. The molecule has 0 aromatic heterocycles. The number of rotatable bonds is 3. The first kappa shape index (κ1) is 15.0. The summed E-state index contributed by atoms with van der Waals surface area (Å²) in [6.45, 7) is 0. The lowest BCUT2D eigenvalue weighted by Gasteiger charge is -2.10. The lowest BCUT2D eigenvalue weighted by Crippen LogP contribution is -2.13. The predicted molar refractivity (Wildman–Crippen MR) is 79.5 cm³/mol. The van der Waals surface area contributed by atoms with Crippen molar-refractivity contribution in [1.82, 2.24) is 0 Å². The number of benzene rings is 2. The summed E-state index contributed by atoms with van der Waals surface area (Å²) in [5, 5.41) is 18.1. The van der Waals surface area contributed by atoms with Crippen molar-refractivity contribution in [3.8, 4) is 11.8 Å². The van der Waals surface area contributed by atoms with E-state index in [4.69, 9.17) is 22.6 Å². The number of halogens is 1. The first-order valence-electron chi connectivity index (χ1n) is 5.64. The summed E-state index contributed by atoms with van der Waals surface area (Å²) < 4.78 is 26.7. The second kappa shape index (κ2) is 5.52. The van der Waals surface area contributed by atoms with Gasteiger partial charge in [0.25, 0.3) is 10.0 Å². The first-order chi connectivity index (χ1) is 9.83. The third kappa shape index (κ3) is 3.18. The molecule has 0 unspecified atom stereocenters. The number of aromatic hydroxyl groups is 1. The second-order valence-corrected chi connectivity index (χ2v) is 6.22. The van der Waals surface area contributed by atoms with Crippen LogP contribution < -0.4 is 10.5 Å². The fourth-order valence-corrected chi connectivity index (χ4v) is 2.97. The van der Waals surface area contributed by atoms with Gasteiger partial charge in [-0.3, -0.25) is 4.72 Å². The highest BCUT2D eigenvalue weighted by atomic mass is 35.5. The molecule has 0 saturated heterocycles. The Bertz CT molecular complexity index is 844. The number of nitrogens with one attached hydrogen (secondary N) is 1. The molecule has 0 spiro atoms. The molecular weight excluding hydrogens is 314 g/mol. The van der Waals surface area contributed by atoms with Crippen LogP contribution in [0, 0.1) is 11.3 Å². The van der Waals surface area contributed by atoms with Gasteiger partial charge in [-0.1, -0.05) is 11.6 Å². The second-order valence-electron chi connectivity index (χ2n) is 4.13. The van der Waals surface area contributed by atoms with Crippen LogP contribution in [0.25, 0.3) is 0 Å². The van der Waals surface area contributed by atoms with Gasteiger partial charge in [0.15, 0.2) is 0 Å². The standard InChI is InChI=1S/C13H10ClN3O3S/c14-10-5-8(7-15)1-3-12(10)17-21(19,20)9-2-4-13(18)11(16)6-9/h1-6,17-18H,16H2. The average molecular weight is 324 g/mol. The molecule has 0 bridgehead atoms. The van der Waals surface area contributed by atoms with Crippen LogP contribution in [-0.2, 0) is 10.0 Å². The number of nitriles is 1. The third-order valence-corrected chi connectivity index (χ3v) is 4.33. The minimum atomic E-state index is -3.90. The number of phenolic OH excluding ortho intramolecular Hbond substituents is 1. The van der Waals surface area contributed by atoms with E-state index in [9.17, 15) is 13.5 Å². The normalized spacial score (nSPS) is 10.9. The third-order valence-electron chi connectivity index (χ3n) is 2.65. The Morgan fingerprint density at radius 2 is 1.95 bits per heavy atom. The Morgan fingerprint density at radius 1 is 1.24 bits per heavy atom. The molecular formula is C13H10ClN3O3S. The summed E-state index contributed by atoms with van der Waals surface area (Å²) in [6.07, 6.45) is 0. The van der Waals surface area contributed by atoms with Crippen LogP contribution in [0.4, 0.5) is 11.4 Å². The van der Waals surface area contributed by atoms with E-state index in [2.05, 4.69) is 4.72 Å². The summed E-state index contributed by atoms with van der Waals surface area (Å²) in [5.41, 5.74) is 5.88. The quantitative estimate of drug-likeness (QED) is 0.592. The van der Waals surface area contributed by atoms with Gasteiger partial charge >= 0.3 is 0 Å². The van der Waals surface area contributed by atoms with Crippen LogP contribution in [0.1, 0.15) is 5.56 Å². The van der Waals surface area contributed by atoms with Gasteiger partial charge in [0.2, 0.25) is 0 Å². The van der Waals surface area contributed by atoms with E-state index in [-0.39, 0.29) is 27.0 Å².